The van der Waals surface area contributed by atoms with Crippen molar-refractivity contribution in [1.82, 2.24) is 15.0 Å². The fourth-order valence-electron chi connectivity index (χ4n) is 5.80. The minimum atomic E-state index is 0.835. The van der Waals surface area contributed by atoms with Crippen molar-refractivity contribution in [1.29, 1.82) is 0 Å². The van der Waals surface area contributed by atoms with Gasteiger partial charge in [0.05, 0.1) is 11.0 Å². The molecule has 0 radical (unpaired) electrons. The maximum absolute atomic E-state index is 5.20. The van der Waals surface area contributed by atoms with Gasteiger partial charge >= 0.3 is 0 Å². The highest BCUT2D eigenvalue weighted by molar-refractivity contribution is 5.93. The number of hydrogen-bond donors (Lipinski definition) is 0. The first-order valence-electron chi connectivity index (χ1n) is 13.2. The van der Waals surface area contributed by atoms with Crippen molar-refractivity contribution < 1.29 is 0 Å². The molecule has 0 amide bonds. The number of fused-ring (bicyclic) bond motifs is 3. The van der Waals surface area contributed by atoms with Crippen LogP contribution in [-0.4, -0.2) is 47.7 Å². The second-order valence-electron chi connectivity index (χ2n) is 10.1. The summed E-state index contributed by atoms with van der Waals surface area (Å²) in [5.41, 5.74) is 7.23. The molecule has 7 rings (SSSR count). The fourth-order valence-corrected chi connectivity index (χ4v) is 5.80. The first-order valence-corrected chi connectivity index (χ1v) is 13.2. The Morgan fingerprint density at radius 2 is 1.24 bits per heavy atom. The number of aromatic nitrogens is 3. The Morgan fingerprint density at radius 1 is 0.595 bits per heavy atom. The summed E-state index contributed by atoms with van der Waals surface area (Å²) in [5, 5.41) is 2.35. The maximum atomic E-state index is 5.20. The molecule has 2 aromatic heterocycles. The van der Waals surface area contributed by atoms with Gasteiger partial charge in [0.1, 0.15) is 5.82 Å². The molecule has 0 N–H and O–H groups in total. The maximum Gasteiger partial charge on any atom is 0.228 e. The molecule has 5 aromatic rings. The second-order valence-corrected chi connectivity index (χ2v) is 10.1. The fraction of sp³-hybridized carbons (Fsp3) is 0.258. The molecule has 0 bridgehead atoms. The van der Waals surface area contributed by atoms with E-state index >= 15 is 0 Å². The molecular weight excluding hydrogens is 456 g/mol. The number of para-hydroxylation sites is 2. The highest BCUT2D eigenvalue weighted by Gasteiger charge is 2.25. The van der Waals surface area contributed by atoms with Crippen molar-refractivity contribution in [3.05, 3.63) is 95.7 Å². The SMILES string of the molecule is Cc1cc(N2CCN(c3nc(N4CCc5ccccc5C4)nc4ccccc34)CC2)c2ccccc2n1. The molecule has 6 heteroatoms. The van der Waals surface area contributed by atoms with Gasteiger partial charge in [-0.3, -0.25) is 4.98 Å². The van der Waals surface area contributed by atoms with E-state index in [1.54, 1.807) is 0 Å². The van der Waals surface area contributed by atoms with Gasteiger partial charge in [-0.05, 0) is 48.7 Å². The molecule has 184 valence electrons. The number of rotatable bonds is 3. The number of pyridine rings is 1. The standard InChI is InChI=1S/C31H30N6/c1-22-20-29(25-10-4-6-12-27(25)32-22)35-16-18-36(19-17-35)30-26-11-5-7-13-28(26)33-31(34-30)37-15-14-23-8-2-3-9-24(23)21-37/h2-13,20H,14-19,21H2,1H3. The molecule has 0 unspecified atom stereocenters. The lowest BCUT2D eigenvalue weighted by atomic mass is 10.0. The Morgan fingerprint density at radius 3 is 2.05 bits per heavy atom. The smallest absolute Gasteiger partial charge is 0.228 e. The Labute approximate surface area is 217 Å². The number of anilines is 3. The van der Waals surface area contributed by atoms with Crippen LogP contribution in [-0.2, 0) is 13.0 Å². The van der Waals surface area contributed by atoms with Crippen LogP contribution in [0.25, 0.3) is 21.8 Å². The van der Waals surface area contributed by atoms with Gasteiger partial charge in [0.2, 0.25) is 5.95 Å². The van der Waals surface area contributed by atoms with Gasteiger partial charge in [0.25, 0.3) is 0 Å². The van der Waals surface area contributed by atoms with Gasteiger partial charge in [0.15, 0.2) is 0 Å². The number of hydrogen-bond acceptors (Lipinski definition) is 6. The van der Waals surface area contributed by atoms with Crippen LogP contribution in [0, 0.1) is 6.92 Å². The molecule has 0 saturated carbocycles. The lowest BCUT2D eigenvalue weighted by Crippen LogP contribution is -2.47. The predicted molar refractivity (Wildman–Crippen MR) is 152 cm³/mol. The van der Waals surface area contributed by atoms with E-state index in [0.29, 0.717) is 0 Å². The van der Waals surface area contributed by atoms with Crippen molar-refractivity contribution in [2.75, 3.05) is 47.4 Å². The second kappa shape index (κ2) is 9.04. The van der Waals surface area contributed by atoms with Gasteiger partial charge in [-0.15, -0.1) is 0 Å². The average molecular weight is 487 g/mol. The van der Waals surface area contributed by atoms with Crippen molar-refractivity contribution in [2.24, 2.45) is 0 Å². The minimum absolute atomic E-state index is 0.835. The van der Waals surface area contributed by atoms with Gasteiger partial charge in [-0.2, -0.15) is 4.98 Å². The van der Waals surface area contributed by atoms with Crippen molar-refractivity contribution in [3.63, 3.8) is 0 Å². The summed E-state index contributed by atoms with van der Waals surface area (Å²) in [6.07, 6.45) is 1.03. The molecule has 2 aliphatic heterocycles. The van der Waals surface area contributed by atoms with Crippen LogP contribution in [0.1, 0.15) is 16.8 Å². The summed E-state index contributed by atoms with van der Waals surface area (Å²) in [5.74, 6) is 1.89. The molecule has 3 aromatic carbocycles. The van der Waals surface area contributed by atoms with Gasteiger partial charge in [0, 0.05) is 61.4 Å². The first-order chi connectivity index (χ1) is 18.2. The third-order valence-corrected chi connectivity index (χ3v) is 7.73. The van der Waals surface area contributed by atoms with E-state index in [-0.39, 0.29) is 0 Å². The summed E-state index contributed by atoms with van der Waals surface area (Å²) in [6, 6.07) is 27.9. The molecule has 6 nitrogen and oxygen atoms in total. The summed E-state index contributed by atoms with van der Waals surface area (Å²) in [6.45, 7) is 7.60. The number of nitrogens with zero attached hydrogens (tertiary/aromatic N) is 6. The lowest BCUT2D eigenvalue weighted by molar-refractivity contribution is 0.647. The van der Waals surface area contributed by atoms with Gasteiger partial charge in [-0.25, -0.2) is 4.98 Å². The third-order valence-electron chi connectivity index (χ3n) is 7.73. The molecule has 0 atom stereocenters. The molecule has 4 heterocycles. The monoisotopic (exact) mass is 486 g/mol. The van der Waals surface area contributed by atoms with Crippen LogP contribution in [0.2, 0.25) is 0 Å². The summed E-state index contributed by atoms with van der Waals surface area (Å²) < 4.78 is 0. The van der Waals surface area contributed by atoms with Crippen LogP contribution >= 0.6 is 0 Å². The summed E-state index contributed by atoms with van der Waals surface area (Å²) in [4.78, 5) is 22.2. The Bertz CT molecular complexity index is 1600. The topological polar surface area (TPSA) is 48.4 Å². The summed E-state index contributed by atoms with van der Waals surface area (Å²) in [7, 11) is 0. The molecular formula is C31H30N6. The van der Waals surface area contributed by atoms with Gasteiger partial charge in [-0.1, -0.05) is 54.6 Å². The first kappa shape index (κ1) is 22.0. The van der Waals surface area contributed by atoms with E-state index in [2.05, 4.69) is 100 Å². The van der Waals surface area contributed by atoms with Crippen LogP contribution in [0.3, 0.4) is 0 Å². The largest absolute Gasteiger partial charge is 0.367 e. The zero-order chi connectivity index (χ0) is 24.8. The molecule has 2 aliphatic rings. The van der Waals surface area contributed by atoms with E-state index in [0.717, 1.165) is 79.6 Å². The van der Waals surface area contributed by atoms with Gasteiger partial charge < -0.3 is 14.7 Å². The van der Waals surface area contributed by atoms with E-state index in [4.69, 9.17) is 15.0 Å². The number of piperazine rings is 1. The lowest BCUT2D eigenvalue weighted by Gasteiger charge is -2.38. The van der Waals surface area contributed by atoms with Crippen LogP contribution < -0.4 is 14.7 Å². The molecule has 1 fully saturated rings. The number of benzene rings is 3. The van der Waals surface area contributed by atoms with Crippen LogP contribution in [0.15, 0.2) is 78.9 Å². The van der Waals surface area contributed by atoms with E-state index in [1.165, 1.54) is 22.2 Å². The average Bonchev–Trinajstić information content (AvgIpc) is 2.96. The van der Waals surface area contributed by atoms with E-state index in [9.17, 15) is 0 Å². The van der Waals surface area contributed by atoms with Crippen molar-refractivity contribution in [2.45, 2.75) is 19.9 Å². The zero-order valence-electron chi connectivity index (χ0n) is 21.1. The highest BCUT2D eigenvalue weighted by atomic mass is 15.3. The third kappa shape index (κ3) is 4.02. The predicted octanol–water partition coefficient (Wildman–Crippen LogP) is 5.38. The zero-order valence-corrected chi connectivity index (χ0v) is 21.1. The van der Waals surface area contributed by atoms with E-state index < -0.39 is 0 Å². The van der Waals surface area contributed by atoms with Crippen LogP contribution in [0.5, 0.6) is 0 Å². The van der Waals surface area contributed by atoms with Crippen molar-refractivity contribution >= 4 is 39.3 Å². The normalized spacial score (nSPS) is 15.9. The van der Waals surface area contributed by atoms with Crippen LogP contribution in [0.4, 0.5) is 17.5 Å². The van der Waals surface area contributed by atoms with E-state index in [1.807, 2.05) is 0 Å². The minimum Gasteiger partial charge on any atom is -0.367 e. The highest BCUT2D eigenvalue weighted by Crippen LogP contribution is 2.32. The molecule has 37 heavy (non-hydrogen) atoms. The van der Waals surface area contributed by atoms with Crippen molar-refractivity contribution in [3.8, 4) is 0 Å². The Hall–Kier alpha value is -4.19. The summed E-state index contributed by atoms with van der Waals surface area (Å²) >= 11 is 0. The Kier molecular flexibility index (Phi) is 5.38. The quantitative estimate of drug-likeness (QED) is 0.341. The Balaban J connectivity index is 1.19. The molecule has 1 saturated heterocycles. The molecule has 0 spiro atoms. The molecule has 0 aliphatic carbocycles. The number of aryl methyl sites for hydroxylation is 1.